The van der Waals surface area contributed by atoms with Crippen LogP contribution in [0.1, 0.15) is 47.6 Å². The van der Waals surface area contributed by atoms with Crippen LogP contribution in [0, 0.1) is 0 Å². The molecule has 0 aromatic heterocycles. The summed E-state index contributed by atoms with van der Waals surface area (Å²) in [5, 5.41) is 4.09. The van der Waals surface area contributed by atoms with Crippen molar-refractivity contribution in [1.82, 2.24) is 14.9 Å². The molecule has 44 heavy (non-hydrogen) atoms. The van der Waals surface area contributed by atoms with Crippen molar-refractivity contribution in [2.45, 2.75) is 55.8 Å². The van der Waals surface area contributed by atoms with E-state index in [0.717, 1.165) is 29.5 Å². The second-order valence-corrected chi connectivity index (χ2v) is 13.4. The van der Waals surface area contributed by atoms with E-state index in [0.29, 0.717) is 22.0 Å². The van der Waals surface area contributed by atoms with Gasteiger partial charge in [0.15, 0.2) is 0 Å². The number of nitrogens with zero attached hydrogens (tertiary/aromatic N) is 1. The number of amides is 2. The van der Waals surface area contributed by atoms with Crippen LogP contribution in [0.5, 0.6) is 0 Å². The fourth-order valence-corrected chi connectivity index (χ4v) is 6.49. The van der Waals surface area contributed by atoms with Crippen molar-refractivity contribution in [2.24, 2.45) is 0 Å². The van der Waals surface area contributed by atoms with Crippen LogP contribution in [0.15, 0.2) is 108 Å². The largest absolute Gasteiger partial charge is 0.350 e. The fourth-order valence-electron chi connectivity index (χ4n) is 4.86. The molecule has 7 nitrogen and oxygen atoms in total. The molecule has 10 heteroatoms. The molecule has 1 atom stereocenters. The lowest BCUT2D eigenvalue weighted by molar-refractivity contribution is -0.141. The maximum Gasteiger partial charge on any atom is 0.247 e. The van der Waals surface area contributed by atoms with Crippen molar-refractivity contribution < 1.29 is 18.0 Å². The summed E-state index contributed by atoms with van der Waals surface area (Å²) in [6, 6.07) is 29.3. The fraction of sp³-hybridized carbons (Fsp3) is 0.235. The first-order valence-corrected chi connectivity index (χ1v) is 16.6. The average Bonchev–Trinajstić information content (AvgIpc) is 3.84. The van der Waals surface area contributed by atoms with Gasteiger partial charge in [-0.05, 0) is 71.8 Å². The Morgan fingerprint density at radius 3 is 2.11 bits per heavy atom. The van der Waals surface area contributed by atoms with E-state index in [1.54, 1.807) is 47.4 Å². The normalized spacial score (nSPS) is 13.7. The van der Waals surface area contributed by atoms with Gasteiger partial charge in [-0.15, -0.1) is 0 Å². The number of hydrogen-bond donors (Lipinski definition) is 2. The van der Waals surface area contributed by atoms with Gasteiger partial charge in [-0.3, -0.25) is 9.59 Å². The van der Waals surface area contributed by atoms with Gasteiger partial charge in [0.05, 0.1) is 4.90 Å². The molecule has 5 rings (SSSR count). The van der Waals surface area contributed by atoms with Crippen LogP contribution < -0.4 is 10.0 Å². The van der Waals surface area contributed by atoms with E-state index in [2.05, 4.69) is 10.0 Å². The second-order valence-electron chi connectivity index (χ2n) is 10.8. The van der Waals surface area contributed by atoms with E-state index in [4.69, 9.17) is 23.2 Å². The zero-order valence-corrected chi connectivity index (χ0v) is 26.3. The lowest BCUT2D eigenvalue weighted by Gasteiger charge is -2.32. The Hall–Kier alpha value is -3.69. The molecule has 1 aliphatic rings. The first kappa shape index (κ1) is 31.7. The molecule has 0 bridgehead atoms. The minimum absolute atomic E-state index is 0.0170. The summed E-state index contributed by atoms with van der Waals surface area (Å²) in [5.74, 6) is -0.565. The highest BCUT2D eigenvalue weighted by Crippen LogP contribution is 2.27. The molecule has 4 aromatic rings. The van der Waals surface area contributed by atoms with E-state index < -0.39 is 16.1 Å². The maximum atomic E-state index is 14.0. The van der Waals surface area contributed by atoms with Gasteiger partial charge in [-0.1, -0.05) is 96.0 Å². The van der Waals surface area contributed by atoms with Crippen LogP contribution in [0.4, 0.5) is 0 Å². The Morgan fingerprint density at radius 1 is 0.818 bits per heavy atom. The predicted octanol–water partition coefficient (Wildman–Crippen LogP) is 6.45. The minimum atomic E-state index is -3.56. The lowest BCUT2D eigenvalue weighted by atomic mass is 10.0. The monoisotopic (exact) mass is 649 g/mol. The molecule has 0 spiro atoms. The highest BCUT2D eigenvalue weighted by atomic mass is 35.5. The number of carbonyl (C=O) groups is 2. The number of hydrogen-bond acceptors (Lipinski definition) is 4. The SMILES string of the molecule is O=C(NCc1ccccc1Cl)[C@H](c1ccccc1)N(Cc1ccc(Cl)cc1)C(=O)CCc1ccc(S(=O)(=O)NC2CC2)cc1. The summed E-state index contributed by atoms with van der Waals surface area (Å²) in [5.41, 5.74) is 3.07. The molecular weight excluding hydrogens is 617 g/mol. The van der Waals surface area contributed by atoms with E-state index in [1.165, 1.54) is 0 Å². The summed E-state index contributed by atoms with van der Waals surface area (Å²) in [4.78, 5) is 29.6. The summed E-state index contributed by atoms with van der Waals surface area (Å²) >= 11 is 12.5. The molecular formula is C34H33Cl2N3O4S. The number of nitrogens with one attached hydrogen (secondary N) is 2. The molecule has 228 valence electrons. The van der Waals surface area contributed by atoms with Crippen molar-refractivity contribution in [3.63, 3.8) is 0 Å². The second kappa shape index (κ2) is 14.4. The minimum Gasteiger partial charge on any atom is -0.350 e. The molecule has 1 aliphatic carbocycles. The molecule has 1 fully saturated rings. The van der Waals surface area contributed by atoms with Gasteiger partial charge in [0.1, 0.15) is 6.04 Å². The van der Waals surface area contributed by atoms with E-state index in [1.807, 2.05) is 60.7 Å². The molecule has 2 amide bonds. The Bertz CT molecular complexity index is 1700. The third-order valence-electron chi connectivity index (χ3n) is 7.43. The third kappa shape index (κ3) is 8.48. The molecule has 0 saturated heterocycles. The van der Waals surface area contributed by atoms with Crippen LogP contribution in [-0.4, -0.2) is 31.2 Å². The van der Waals surface area contributed by atoms with Crippen LogP contribution in [0.25, 0.3) is 0 Å². The van der Waals surface area contributed by atoms with Crippen LogP contribution >= 0.6 is 23.2 Å². The van der Waals surface area contributed by atoms with Gasteiger partial charge in [-0.25, -0.2) is 13.1 Å². The quantitative estimate of drug-likeness (QED) is 0.174. The predicted molar refractivity (Wildman–Crippen MR) is 173 cm³/mol. The van der Waals surface area contributed by atoms with Gasteiger partial charge >= 0.3 is 0 Å². The summed E-state index contributed by atoms with van der Waals surface area (Å²) in [6.07, 6.45) is 2.19. The number of benzene rings is 4. The number of sulfonamides is 1. The summed E-state index contributed by atoms with van der Waals surface area (Å²) < 4.78 is 27.8. The van der Waals surface area contributed by atoms with Crippen LogP contribution in [0.3, 0.4) is 0 Å². The zero-order valence-electron chi connectivity index (χ0n) is 24.0. The first-order valence-electron chi connectivity index (χ1n) is 14.4. The molecule has 0 radical (unpaired) electrons. The number of carbonyl (C=O) groups excluding carboxylic acids is 2. The molecule has 0 heterocycles. The summed E-state index contributed by atoms with van der Waals surface area (Å²) in [7, 11) is -3.56. The molecule has 4 aromatic carbocycles. The highest BCUT2D eigenvalue weighted by molar-refractivity contribution is 7.89. The van der Waals surface area contributed by atoms with Gasteiger partial charge in [0.25, 0.3) is 0 Å². The Balaban J connectivity index is 1.38. The maximum absolute atomic E-state index is 14.0. The number of rotatable bonds is 13. The topological polar surface area (TPSA) is 95.6 Å². The Morgan fingerprint density at radius 2 is 1.45 bits per heavy atom. The van der Waals surface area contributed by atoms with Crippen molar-refractivity contribution in [2.75, 3.05) is 0 Å². The Kier molecular flexibility index (Phi) is 10.4. The molecule has 0 aliphatic heterocycles. The average molecular weight is 651 g/mol. The number of halogens is 2. The van der Waals surface area contributed by atoms with E-state index in [-0.39, 0.29) is 42.3 Å². The highest BCUT2D eigenvalue weighted by Gasteiger charge is 2.32. The van der Waals surface area contributed by atoms with E-state index >= 15 is 0 Å². The van der Waals surface area contributed by atoms with E-state index in [9.17, 15) is 18.0 Å². The van der Waals surface area contributed by atoms with Crippen molar-refractivity contribution in [1.29, 1.82) is 0 Å². The molecule has 0 unspecified atom stereocenters. The lowest BCUT2D eigenvalue weighted by Crippen LogP contribution is -2.43. The van der Waals surface area contributed by atoms with Crippen LogP contribution in [-0.2, 0) is 39.1 Å². The first-order chi connectivity index (χ1) is 21.2. The van der Waals surface area contributed by atoms with Crippen LogP contribution in [0.2, 0.25) is 10.0 Å². The Labute approximate surface area is 268 Å². The number of aryl methyl sites for hydroxylation is 1. The molecule has 2 N–H and O–H groups in total. The smallest absolute Gasteiger partial charge is 0.247 e. The van der Waals surface area contributed by atoms with Crippen molar-refractivity contribution >= 4 is 45.0 Å². The van der Waals surface area contributed by atoms with Crippen molar-refractivity contribution in [3.8, 4) is 0 Å². The zero-order chi connectivity index (χ0) is 31.1. The van der Waals surface area contributed by atoms with Gasteiger partial charge < -0.3 is 10.2 Å². The molecule has 1 saturated carbocycles. The summed E-state index contributed by atoms with van der Waals surface area (Å²) in [6.45, 7) is 0.384. The standard InChI is InChI=1S/C34H33Cl2N3O4S/c35-28-15-10-25(11-16-28)23-39(32(40)21-14-24-12-19-30(20-13-24)44(42,43)38-29-17-18-29)33(26-6-2-1-3-7-26)34(41)37-22-27-8-4-5-9-31(27)36/h1-13,15-16,19-20,29,33,38H,14,17-18,21-23H2,(H,37,41)/t33-/m0/s1. The third-order valence-corrected chi connectivity index (χ3v) is 9.59. The van der Waals surface area contributed by atoms with Crippen molar-refractivity contribution in [3.05, 3.63) is 135 Å². The van der Waals surface area contributed by atoms with Gasteiger partial charge in [0.2, 0.25) is 21.8 Å². The van der Waals surface area contributed by atoms with Gasteiger partial charge in [0, 0.05) is 35.6 Å². The van der Waals surface area contributed by atoms with Gasteiger partial charge in [-0.2, -0.15) is 0 Å².